The van der Waals surface area contributed by atoms with Crippen LogP contribution in [0.4, 0.5) is 0 Å². The molecule has 3 rings (SSSR count). The number of aromatic nitrogens is 1. The van der Waals surface area contributed by atoms with Crippen LogP contribution in [0.3, 0.4) is 0 Å². The van der Waals surface area contributed by atoms with E-state index in [2.05, 4.69) is 46.5 Å². The van der Waals surface area contributed by atoms with Gasteiger partial charge in [0, 0.05) is 12.4 Å². The summed E-state index contributed by atoms with van der Waals surface area (Å²) in [6.07, 6.45) is 3.41. The fourth-order valence-electron chi connectivity index (χ4n) is 2.50. The molecule has 1 N–H and O–H groups in total. The summed E-state index contributed by atoms with van der Waals surface area (Å²) >= 11 is 1.46. The highest BCUT2D eigenvalue weighted by Crippen LogP contribution is 2.41. The van der Waals surface area contributed by atoms with Crippen LogP contribution < -0.4 is 5.32 Å². The first-order valence-electron chi connectivity index (χ1n) is 7.54. The van der Waals surface area contributed by atoms with Crippen molar-refractivity contribution in [1.29, 1.82) is 0 Å². The van der Waals surface area contributed by atoms with Gasteiger partial charge in [0.25, 0.3) is 0 Å². The van der Waals surface area contributed by atoms with Gasteiger partial charge in [-0.3, -0.25) is 14.8 Å². The summed E-state index contributed by atoms with van der Waals surface area (Å²) in [5, 5.41) is 3.58. The minimum absolute atomic E-state index is 0.00168. The molecule has 0 bridgehead atoms. The third-order valence-electron chi connectivity index (χ3n) is 4.06. The van der Waals surface area contributed by atoms with Gasteiger partial charge in [0.15, 0.2) is 5.17 Å². The van der Waals surface area contributed by atoms with E-state index in [9.17, 15) is 4.79 Å². The molecule has 5 heteroatoms. The fraction of sp³-hybridized carbons (Fsp3) is 0.278. The summed E-state index contributed by atoms with van der Waals surface area (Å²) in [6, 6.07) is 12.1. The number of amidine groups is 1. The summed E-state index contributed by atoms with van der Waals surface area (Å²) in [5.74, 6) is -0.0384. The Balaban J connectivity index is 1.83. The molecular formula is C18H19N3OS. The number of hydrogen-bond acceptors (Lipinski definition) is 4. The number of hydrogen-bond donors (Lipinski definition) is 1. The zero-order valence-corrected chi connectivity index (χ0v) is 14.2. The molecule has 0 unspecified atom stereocenters. The summed E-state index contributed by atoms with van der Waals surface area (Å²) < 4.78 is -0.658. The highest BCUT2D eigenvalue weighted by atomic mass is 32.2. The topological polar surface area (TPSA) is 54.4 Å². The number of aryl methyl sites for hydroxylation is 1. The molecule has 1 saturated heterocycles. The van der Waals surface area contributed by atoms with Crippen molar-refractivity contribution in [1.82, 2.24) is 10.3 Å². The lowest BCUT2D eigenvalue weighted by Gasteiger charge is -2.18. The zero-order valence-electron chi connectivity index (χ0n) is 13.4. The van der Waals surface area contributed by atoms with E-state index in [0.29, 0.717) is 5.17 Å². The number of nitrogens with zero attached hydrogens (tertiary/aromatic N) is 2. The number of rotatable bonds is 3. The Hall–Kier alpha value is -2.14. The van der Waals surface area contributed by atoms with Crippen LogP contribution in [-0.2, 0) is 9.54 Å². The third-order valence-corrected chi connectivity index (χ3v) is 5.29. The van der Waals surface area contributed by atoms with Gasteiger partial charge in [0.1, 0.15) is 4.75 Å². The number of nitrogens with one attached hydrogen (secondary N) is 1. The molecule has 0 saturated carbocycles. The summed E-state index contributed by atoms with van der Waals surface area (Å²) in [7, 11) is 0. The molecule has 23 heavy (non-hydrogen) atoms. The lowest BCUT2D eigenvalue weighted by molar-refractivity contribution is -0.121. The number of amides is 1. The van der Waals surface area contributed by atoms with Crippen LogP contribution in [0.25, 0.3) is 0 Å². The number of thioether (sulfide) groups is 1. The second kappa shape index (κ2) is 6.16. The Morgan fingerprint density at radius 1 is 1.17 bits per heavy atom. The zero-order chi connectivity index (χ0) is 16.4. The Labute approximate surface area is 140 Å². The lowest BCUT2D eigenvalue weighted by Crippen LogP contribution is -2.31. The third kappa shape index (κ3) is 3.15. The van der Waals surface area contributed by atoms with E-state index in [1.807, 2.05) is 26.0 Å². The Morgan fingerprint density at radius 3 is 2.48 bits per heavy atom. The van der Waals surface area contributed by atoms with E-state index in [4.69, 9.17) is 0 Å². The second-order valence-electron chi connectivity index (χ2n) is 5.85. The van der Waals surface area contributed by atoms with Gasteiger partial charge in [-0.25, -0.2) is 0 Å². The van der Waals surface area contributed by atoms with Gasteiger partial charge < -0.3 is 5.32 Å². The molecule has 0 spiro atoms. The maximum absolute atomic E-state index is 12.4. The van der Waals surface area contributed by atoms with Gasteiger partial charge in [-0.15, -0.1) is 0 Å². The average Bonchev–Trinajstić information content (AvgIpc) is 2.84. The lowest BCUT2D eigenvalue weighted by atomic mass is 10.0. The minimum atomic E-state index is -0.658. The SMILES string of the molecule is Cc1ccc([C@@H](C)N=C2NC(=O)[C@@](C)(c3ccncc3)S2)cc1. The molecule has 1 aliphatic rings. The maximum Gasteiger partial charge on any atom is 0.246 e. The summed E-state index contributed by atoms with van der Waals surface area (Å²) in [4.78, 5) is 21.1. The minimum Gasteiger partial charge on any atom is -0.304 e. The largest absolute Gasteiger partial charge is 0.304 e. The molecule has 1 amide bonds. The van der Waals surface area contributed by atoms with Crippen molar-refractivity contribution < 1.29 is 4.79 Å². The van der Waals surface area contributed by atoms with Crippen LogP contribution in [0, 0.1) is 6.92 Å². The van der Waals surface area contributed by atoms with Crippen LogP contribution in [0.5, 0.6) is 0 Å². The van der Waals surface area contributed by atoms with Crippen molar-refractivity contribution in [2.45, 2.75) is 31.6 Å². The number of pyridine rings is 1. The molecule has 1 aromatic carbocycles. The number of aliphatic imine (C=N–C) groups is 1. The summed E-state index contributed by atoms with van der Waals surface area (Å²) in [6.45, 7) is 6.02. The first-order valence-corrected chi connectivity index (χ1v) is 8.36. The second-order valence-corrected chi connectivity index (χ2v) is 7.25. The number of carbonyl (C=O) groups is 1. The highest BCUT2D eigenvalue weighted by Gasteiger charge is 2.44. The van der Waals surface area contributed by atoms with E-state index in [1.165, 1.54) is 17.3 Å². The molecule has 2 atom stereocenters. The smallest absolute Gasteiger partial charge is 0.246 e. The predicted molar refractivity (Wildman–Crippen MR) is 94.4 cm³/mol. The molecular weight excluding hydrogens is 306 g/mol. The Morgan fingerprint density at radius 2 is 1.83 bits per heavy atom. The normalized spacial score (nSPS) is 23.8. The number of benzene rings is 1. The van der Waals surface area contributed by atoms with E-state index < -0.39 is 4.75 Å². The van der Waals surface area contributed by atoms with E-state index in [0.717, 1.165) is 11.1 Å². The van der Waals surface area contributed by atoms with Crippen LogP contribution in [0.1, 0.15) is 36.6 Å². The van der Waals surface area contributed by atoms with E-state index in [-0.39, 0.29) is 11.9 Å². The van der Waals surface area contributed by atoms with Crippen LogP contribution >= 0.6 is 11.8 Å². The van der Waals surface area contributed by atoms with Gasteiger partial charge in [0.2, 0.25) is 5.91 Å². The van der Waals surface area contributed by atoms with Gasteiger partial charge in [-0.05, 0) is 44.0 Å². The van der Waals surface area contributed by atoms with Gasteiger partial charge in [-0.2, -0.15) is 0 Å². The van der Waals surface area contributed by atoms with Gasteiger partial charge >= 0.3 is 0 Å². The number of carbonyl (C=O) groups excluding carboxylic acids is 1. The van der Waals surface area contributed by atoms with E-state index >= 15 is 0 Å². The van der Waals surface area contributed by atoms with Gasteiger partial charge in [0.05, 0.1) is 6.04 Å². The van der Waals surface area contributed by atoms with Crippen molar-refractivity contribution in [3.8, 4) is 0 Å². The highest BCUT2D eigenvalue weighted by molar-refractivity contribution is 8.15. The van der Waals surface area contributed by atoms with Crippen molar-refractivity contribution in [2.75, 3.05) is 0 Å². The average molecular weight is 325 g/mol. The Kier molecular flexibility index (Phi) is 4.22. The fourth-order valence-corrected chi connectivity index (χ4v) is 3.63. The molecule has 1 aromatic heterocycles. The quantitative estimate of drug-likeness (QED) is 0.938. The first kappa shape index (κ1) is 15.7. The van der Waals surface area contributed by atoms with Crippen molar-refractivity contribution in [3.05, 3.63) is 65.5 Å². The molecule has 2 aromatic rings. The van der Waals surface area contributed by atoms with Gasteiger partial charge in [-0.1, -0.05) is 41.6 Å². The first-order chi connectivity index (χ1) is 11.0. The molecule has 0 aliphatic carbocycles. The van der Waals surface area contributed by atoms with Crippen LogP contribution in [-0.4, -0.2) is 16.1 Å². The monoisotopic (exact) mass is 325 g/mol. The van der Waals surface area contributed by atoms with E-state index in [1.54, 1.807) is 12.4 Å². The van der Waals surface area contributed by atoms with Crippen molar-refractivity contribution in [3.63, 3.8) is 0 Å². The summed E-state index contributed by atoms with van der Waals surface area (Å²) in [5.41, 5.74) is 3.29. The molecule has 2 heterocycles. The maximum atomic E-state index is 12.4. The molecule has 0 radical (unpaired) electrons. The molecule has 118 valence electrons. The molecule has 4 nitrogen and oxygen atoms in total. The molecule has 1 fully saturated rings. The van der Waals surface area contributed by atoms with Crippen molar-refractivity contribution in [2.24, 2.45) is 4.99 Å². The van der Waals surface area contributed by atoms with Crippen molar-refractivity contribution >= 4 is 22.8 Å². The standard InChI is InChI=1S/C18H19N3OS/c1-12-4-6-14(7-5-12)13(2)20-17-21-16(22)18(3,23-17)15-8-10-19-11-9-15/h4-11,13H,1-3H3,(H,20,21,22)/t13-,18-/m1/s1. The van der Waals surface area contributed by atoms with Crippen LogP contribution in [0.15, 0.2) is 53.8 Å². The molecule has 1 aliphatic heterocycles. The predicted octanol–water partition coefficient (Wildman–Crippen LogP) is 3.59. The Bertz CT molecular complexity index is 743. The van der Waals surface area contributed by atoms with Crippen LogP contribution in [0.2, 0.25) is 0 Å².